The van der Waals surface area contributed by atoms with Gasteiger partial charge in [0.15, 0.2) is 0 Å². The molecule has 1 fully saturated rings. The minimum Gasteiger partial charge on any atom is -0.311 e. The summed E-state index contributed by atoms with van der Waals surface area (Å²) in [6.07, 6.45) is 4.06. The molecule has 128 valence electrons. The molecule has 0 spiro atoms. The Balaban J connectivity index is 1.54. The van der Waals surface area contributed by atoms with Gasteiger partial charge in [0.1, 0.15) is 5.82 Å². The summed E-state index contributed by atoms with van der Waals surface area (Å²) in [7, 11) is -3.75. The number of hydrogen-bond donors (Lipinski definition) is 3. The second kappa shape index (κ2) is 6.56. The molecule has 0 aliphatic carbocycles. The summed E-state index contributed by atoms with van der Waals surface area (Å²) in [4.78, 5) is 14.4. The van der Waals surface area contributed by atoms with Gasteiger partial charge in [-0.2, -0.15) is 17.8 Å². The largest absolute Gasteiger partial charge is 0.311 e. The number of likely N-dealkylation sites (tertiary alicyclic amines) is 1. The van der Waals surface area contributed by atoms with Crippen molar-refractivity contribution in [3.8, 4) is 0 Å². The molecule has 0 atom stereocenters. The Labute approximate surface area is 135 Å². The van der Waals surface area contributed by atoms with E-state index < -0.39 is 10.2 Å². The van der Waals surface area contributed by atoms with Gasteiger partial charge in [0, 0.05) is 25.1 Å². The van der Waals surface area contributed by atoms with Crippen LogP contribution in [0.1, 0.15) is 36.9 Å². The van der Waals surface area contributed by atoms with Gasteiger partial charge in [-0.1, -0.05) is 6.42 Å². The highest BCUT2D eigenvalue weighted by atomic mass is 32.2. The average molecular weight is 342 g/mol. The summed E-state index contributed by atoms with van der Waals surface area (Å²) in [5.41, 5.74) is 1.29. The third-order valence-corrected chi connectivity index (χ3v) is 5.32. The zero-order valence-corrected chi connectivity index (χ0v) is 13.7. The van der Waals surface area contributed by atoms with Crippen LogP contribution in [0.3, 0.4) is 0 Å². The predicted octanol–water partition coefficient (Wildman–Crippen LogP) is -0.257. The maximum Gasteiger partial charge on any atom is 0.277 e. The van der Waals surface area contributed by atoms with E-state index >= 15 is 0 Å². The molecular formula is C13H22N6O3S. The second-order valence-electron chi connectivity index (χ2n) is 6.04. The SMILES string of the molecule is NS(=O)(=O)N1Cc2n[nH]c(NC(=O)CCN3CCCCC3)c2C1. The number of aromatic nitrogens is 2. The summed E-state index contributed by atoms with van der Waals surface area (Å²) < 4.78 is 23.9. The number of H-pyrrole nitrogens is 1. The number of carbonyl (C=O) groups excluding carboxylic acids is 1. The fraction of sp³-hybridized carbons (Fsp3) is 0.692. The molecule has 0 bridgehead atoms. The first-order chi connectivity index (χ1) is 10.9. The summed E-state index contributed by atoms with van der Waals surface area (Å²) in [5, 5.41) is 14.7. The molecule has 3 heterocycles. The van der Waals surface area contributed by atoms with Crippen LogP contribution in [0.25, 0.3) is 0 Å². The Hall–Kier alpha value is -1.49. The number of anilines is 1. The molecule has 2 aliphatic rings. The predicted molar refractivity (Wildman–Crippen MR) is 84.5 cm³/mol. The summed E-state index contributed by atoms with van der Waals surface area (Å²) in [6, 6.07) is 0. The molecule has 1 amide bonds. The van der Waals surface area contributed by atoms with Crippen LogP contribution in [-0.4, -0.2) is 53.4 Å². The lowest BCUT2D eigenvalue weighted by atomic mass is 10.1. The van der Waals surface area contributed by atoms with E-state index in [1.807, 2.05) is 0 Å². The van der Waals surface area contributed by atoms with Crippen molar-refractivity contribution < 1.29 is 13.2 Å². The Morgan fingerprint density at radius 1 is 1.26 bits per heavy atom. The van der Waals surface area contributed by atoms with Crippen molar-refractivity contribution in [1.82, 2.24) is 19.4 Å². The van der Waals surface area contributed by atoms with Crippen molar-refractivity contribution in [3.63, 3.8) is 0 Å². The molecule has 0 saturated carbocycles. The molecule has 0 radical (unpaired) electrons. The number of piperidine rings is 1. The summed E-state index contributed by atoms with van der Waals surface area (Å²) >= 11 is 0. The van der Waals surface area contributed by atoms with Crippen LogP contribution in [0.4, 0.5) is 5.82 Å². The van der Waals surface area contributed by atoms with Crippen molar-refractivity contribution in [2.75, 3.05) is 25.0 Å². The second-order valence-corrected chi connectivity index (χ2v) is 7.58. The lowest BCUT2D eigenvalue weighted by Gasteiger charge is -2.25. The van der Waals surface area contributed by atoms with Crippen LogP contribution in [0, 0.1) is 0 Å². The number of nitrogens with zero attached hydrogens (tertiary/aromatic N) is 3. The number of nitrogens with two attached hydrogens (primary N) is 1. The van der Waals surface area contributed by atoms with Gasteiger partial charge in [0.2, 0.25) is 5.91 Å². The Bertz CT molecular complexity index is 680. The Morgan fingerprint density at radius 3 is 2.70 bits per heavy atom. The Kier molecular flexibility index (Phi) is 4.67. The number of carbonyl (C=O) groups is 1. The molecule has 10 heteroatoms. The first-order valence-electron chi connectivity index (χ1n) is 7.79. The van der Waals surface area contributed by atoms with E-state index in [4.69, 9.17) is 5.14 Å². The normalized spacial score (nSPS) is 19.7. The lowest BCUT2D eigenvalue weighted by Crippen LogP contribution is -2.33. The topological polar surface area (TPSA) is 124 Å². The van der Waals surface area contributed by atoms with Gasteiger partial charge in [-0.25, -0.2) is 5.14 Å². The maximum atomic E-state index is 12.1. The van der Waals surface area contributed by atoms with E-state index in [2.05, 4.69) is 20.4 Å². The maximum absolute atomic E-state index is 12.1. The monoisotopic (exact) mass is 342 g/mol. The number of hydrogen-bond acceptors (Lipinski definition) is 5. The van der Waals surface area contributed by atoms with Gasteiger partial charge in [0.25, 0.3) is 10.2 Å². The molecule has 4 N–H and O–H groups in total. The highest BCUT2D eigenvalue weighted by Gasteiger charge is 2.31. The van der Waals surface area contributed by atoms with Crippen molar-refractivity contribution in [2.45, 2.75) is 38.8 Å². The smallest absolute Gasteiger partial charge is 0.277 e. The molecule has 9 nitrogen and oxygen atoms in total. The highest BCUT2D eigenvalue weighted by Crippen LogP contribution is 2.28. The minimum absolute atomic E-state index is 0.101. The van der Waals surface area contributed by atoms with Gasteiger partial charge < -0.3 is 10.2 Å². The van der Waals surface area contributed by atoms with Crippen LogP contribution in [0.2, 0.25) is 0 Å². The first kappa shape index (κ1) is 16.4. The van der Waals surface area contributed by atoms with E-state index in [9.17, 15) is 13.2 Å². The van der Waals surface area contributed by atoms with E-state index in [-0.39, 0.29) is 19.0 Å². The standard InChI is InChI=1S/C13H22N6O3S/c14-23(21,22)19-8-10-11(9-19)16-17-13(10)15-12(20)4-7-18-5-2-1-3-6-18/h1-9H2,(H2,14,21,22)(H2,15,16,17,20). The van der Waals surface area contributed by atoms with Crippen LogP contribution in [0.15, 0.2) is 0 Å². The average Bonchev–Trinajstić information content (AvgIpc) is 3.08. The lowest BCUT2D eigenvalue weighted by molar-refractivity contribution is -0.116. The van der Waals surface area contributed by atoms with E-state index in [1.54, 1.807) is 0 Å². The van der Waals surface area contributed by atoms with Crippen molar-refractivity contribution in [1.29, 1.82) is 0 Å². The number of amides is 1. The molecule has 23 heavy (non-hydrogen) atoms. The van der Waals surface area contributed by atoms with Crippen LogP contribution < -0.4 is 10.5 Å². The molecule has 1 aromatic rings. The fourth-order valence-corrected chi connectivity index (χ4v) is 3.64. The molecule has 2 aliphatic heterocycles. The minimum atomic E-state index is -3.75. The van der Waals surface area contributed by atoms with E-state index in [0.29, 0.717) is 23.5 Å². The Morgan fingerprint density at radius 2 is 2.00 bits per heavy atom. The number of aromatic amines is 1. The summed E-state index contributed by atoms with van der Waals surface area (Å²) in [6.45, 7) is 3.11. The van der Waals surface area contributed by atoms with Gasteiger partial charge in [-0.3, -0.25) is 9.89 Å². The molecule has 0 unspecified atom stereocenters. The third-order valence-electron chi connectivity index (χ3n) is 4.34. The number of rotatable bonds is 5. The quantitative estimate of drug-likeness (QED) is 0.680. The van der Waals surface area contributed by atoms with Crippen molar-refractivity contribution in [2.24, 2.45) is 5.14 Å². The molecule has 1 aromatic heterocycles. The van der Waals surface area contributed by atoms with Crippen molar-refractivity contribution >= 4 is 21.9 Å². The number of fused-ring (bicyclic) bond motifs is 1. The summed E-state index contributed by atoms with van der Waals surface area (Å²) in [5.74, 6) is 0.367. The molecule has 3 rings (SSSR count). The van der Waals surface area contributed by atoms with Gasteiger partial charge in [-0.05, 0) is 25.9 Å². The van der Waals surface area contributed by atoms with Crippen LogP contribution in [0.5, 0.6) is 0 Å². The molecule has 0 aromatic carbocycles. The van der Waals surface area contributed by atoms with Gasteiger partial charge >= 0.3 is 0 Å². The highest BCUT2D eigenvalue weighted by molar-refractivity contribution is 7.86. The van der Waals surface area contributed by atoms with Crippen LogP contribution in [-0.2, 0) is 28.1 Å². The van der Waals surface area contributed by atoms with Gasteiger partial charge in [0.05, 0.1) is 12.2 Å². The number of nitrogens with one attached hydrogen (secondary N) is 2. The zero-order chi connectivity index (χ0) is 16.4. The molecule has 1 saturated heterocycles. The van der Waals surface area contributed by atoms with E-state index in [0.717, 1.165) is 23.9 Å². The fourth-order valence-electron chi connectivity index (χ4n) is 3.03. The zero-order valence-electron chi connectivity index (χ0n) is 12.9. The third kappa shape index (κ3) is 3.89. The van der Waals surface area contributed by atoms with Crippen molar-refractivity contribution in [3.05, 3.63) is 11.3 Å². The van der Waals surface area contributed by atoms with Crippen LogP contribution >= 0.6 is 0 Å². The van der Waals surface area contributed by atoms with Gasteiger partial charge in [-0.15, -0.1) is 0 Å². The van der Waals surface area contributed by atoms with E-state index in [1.165, 1.54) is 19.3 Å². The molecular weight excluding hydrogens is 320 g/mol. The first-order valence-corrected chi connectivity index (χ1v) is 9.30.